The molecule has 0 radical (unpaired) electrons. The van der Waals surface area contributed by atoms with Gasteiger partial charge in [0.2, 0.25) is 0 Å². The van der Waals surface area contributed by atoms with Crippen molar-refractivity contribution in [2.45, 2.75) is 20.3 Å². The summed E-state index contributed by atoms with van der Waals surface area (Å²) in [7, 11) is 4.97. The molecular weight excluding hydrogens is 320 g/mol. The van der Waals surface area contributed by atoms with Gasteiger partial charge in [-0.1, -0.05) is 6.07 Å². The number of esters is 1. The monoisotopic (exact) mass is 344 g/mol. The Hall–Kier alpha value is -2.83. The van der Waals surface area contributed by atoms with E-state index in [0.717, 1.165) is 23.4 Å². The molecule has 0 atom stereocenters. The number of anilines is 1. The molecule has 1 N–H and O–H groups in total. The van der Waals surface area contributed by atoms with E-state index in [9.17, 15) is 9.59 Å². The van der Waals surface area contributed by atoms with Crippen LogP contribution in [0, 0.1) is 13.8 Å². The third kappa shape index (κ3) is 4.37. The molecule has 1 aromatic carbocycles. The van der Waals surface area contributed by atoms with Crippen LogP contribution >= 0.6 is 0 Å². The van der Waals surface area contributed by atoms with Crippen LogP contribution in [-0.2, 0) is 18.2 Å². The summed E-state index contributed by atoms with van der Waals surface area (Å²) in [5, 5.41) is 7.18. The second-order valence-electron chi connectivity index (χ2n) is 5.95. The van der Waals surface area contributed by atoms with Crippen molar-refractivity contribution in [2.75, 3.05) is 26.0 Å². The molecule has 0 unspecified atom stereocenters. The van der Waals surface area contributed by atoms with Gasteiger partial charge in [0.05, 0.1) is 18.4 Å². The van der Waals surface area contributed by atoms with E-state index in [-0.39, 0.29) is 6.03 Å². The highest BCUT2D eigenvalue weighted by molar-refractivity contribution is 5.93. The van der Waals surface area contributed by atoms with Gasteiger partial charge in [0.25, 0.3) is 0 Å². The maximum Gasteiger partial charge on any atom is 0.337 e. The highest BCUT2D eigenvalue weighted by Gasteiger charge is 2.14. The molecule has 25 heavy (non-hydrogen) atoms. The fraction of sp³-hybridized carbons (Fsp3) is 0.389. The quantitative estimate of drug-likeness (QED) is 0.846. The summed E-state index contributed by atoms with van der Waals surface area (Å²) >= 11 is 0. The third-order valence-electron chi connectivity index (χ3n) is 4.24. The van der Waals surface area contributed by atoms with Gasteiger partial charge in [-0.05, 0) is 44.0 Å². The van der Waals surface area contributed by atoms with Crippen LogP contribution in [0.2, 0.25) is 0 Å². The summed E-state index contributed by atoms with van der Waals surface area (Å²) in [4.78, 5) is 25.5. The van der Waals surface area contributed by atoms with Gasteiger partial charge < -0.3 is 15.0 Å². The summed E-state index contributed by atoms with van der Waals surface area (Å²) in [6, 6.07) is 6.42. The average molecular weight is 344 g/mol. The minimum atomic E-state index is -0.438. The van der Waals surface area contributed by atoms with Crippen molar-refractivity contribution in [3.05, 3.63) is 46.8 Å². The Kier molecular flexibility index (Phi) is 5.80. The van der Waals surface area contributed by atoms with Gasteiger partial charge in [-0.3, -0.25) is 4.68 Å². The second kappa shape index (κ2) is 7.83. The number of rotatable bonds is 5. The zero-order valence-electron chi connectivity index (χ0n) is 15.3. The zero-order chi connectivity index (χ0) is 18.6. The van der Waals surface area contributed by atoms with Crippen LogP contribution < -0.4 is 5.32 Å². The number of amides is 2. The number of nitrogens with one attached hydrogen (secondary N) is 1. The summed E-state index contributed by atoms with van der Waals surface area (Å²) in [6.45, 7) is 4.56. The van der Waals surface area contributed by atoms with Gasteiger partial charge >= 0.3 is 12.0 Å². The Morgan fingerprint density at radius 3 is 2.64 bits per heavy atom. The predicted molar refractivity (Wildman–Crippen MR) is 95.8 cm³/mol. The largest absolute Gasteiger partial charge is 0.465 e. The number of benzene rings is 1. The van der Waals surface area contributed by atoms with Crippen LogP contribution in [0.3, 0.4) is 0 Å². The molecule has 2 rings (SSSR count). The van der Waals surface area contributed by atoms with Crippen molar-refractivity contribution < 1.29 is 14.3 Å². The first kappa shape index (κ1) is 18.5. The molecule has 0 spiro atoms. The molecule has 0 aliphatic carbocycles. The van der Waals surface area contributed by atoms with Crippen molar-refractivity contribution >= 4 is 17.7 Å². The van der Waals surface area contributed by atoms with E-state index in [4.69, 9.17) is 0 Å². The number of hydrogen-bond acceptors (Lipinski definition) is 4. The van der Waals surface area contributed by atoms with E-state index >= 15 is 0 Å². The summed E-state index contributed by atoms with van der Waals surface area (Å²) < 4.78 is 6.54. The number of aryl methyl sites for hydroxylation is 2. The topological polar surface area (TPSA) is 76.5 Å². The molecule has 1 heterocycles. The van der Waals surface area contributed by atoms with Crippen LogP contribution in [0.15, 0.2) is 24.3 Å². The van der Waals surface area contributed by atoms with E-state index in [1.165, 1.54) is 7.11 Å². The van der Waals surface area contributed by atoms with Gasteiger partial charge in [-0.2, -0.15) is 5.10 Å². The van der Waals surface area contributed by atoms with E-state index in [1.807, 2.05) is 25.6 Å². The maximum atomic E-state index is 12.3. The van der Waals surface area contributed by atoms with Gasteiger partial charge in [0.15, 0.2) is 0 Å². The van der Waals surface area contributed by atoms with E-state index in [2.05, 4.69) is 15.2 Å². The van der Waals surface area contributed by atoms with Crippen molar-refractivity contribution in [1.82, 2.24) is 14.7 Å². The predicted octanol–water partition coefficient (Wildman–Crippen LogP) is 2.53. The average Bonchev–Trinajstić information content (AvgIpc) is 2.84. The normalized spacial score (nSPS) is 10.4. The standard InChI is InChI=1S/C18H24N4O3/c1-12-16(13(2)22(4)20-12)9-10-21(3)18(24)19-15-8-6-7-14(11-15)17(23)25-5/h6-8,11H,9-10H2,1-5H3,(H,19,24). The van der Waals surface area contributed by atoms with Crippen molar-refractivity contribution in [3.63, 3.8) is 0 Å². The molecule has 0 fully saturated rings. The summed E-state index contributed by atoms with van der Waals surface area (Å²) in [5.74, 6) is -0.438. The molecule has 2 aromatic rings. The molecule has 7 heteroatoms. The minimum Gasteiger partial charge on any atom is -0.465 e. The molecule has 7 nitrogen and oxygen atoms in total. The Morgan fingerprint density at radius 1 is 1.32 bits per heavy atom. The smallest absolute Gasteiger partial charge is 0.337 e. The van der Waals surface area contributed by atoms with Gasteiger partial charge in [-0.15, -0.1) is 0 Å². The van der Waals surface area contributed by atoms with Crippen LogP contribution in [-0.4, -0.2) is 47.4 Å². The second-order valence-corrected chi connectivity index (χ2v) is 5.95. The number of carbonyl (C=O) groups is 2. The number of urea groups is 1. The lowest BCUT2D eigenvalue weighted by atomic mass is 10.1. The summed E-state index contributed by atoms with van der Waals surface area (Å²) in [6.07, 6.45) is 0.734. The maximum absolute atomic E-state index is 12.3. The lowest BCUT2D eigenvalue weighted by molar-refractivity contribution is 0.0600. The van der Waals surface area contributed by atoms with Crippen molar-refractivity contribution in [2.24, 2.45) is 7.05 Å². The van der Waals surface area contributed by atoms with E-state index in [1.54, 1.807) is 36.2 Å². The Labute approximate surface area is 147 Å². The highest BCUT2D eigenvalue weighted by Crippen LogP contribution is 2.14. The van der Waals surface area contributed by atoms with Gasteiger partial charge in [-0.25, -0.2) is 9.59 Å². The number of nitrogens with zero attached hydrogens (tertiary/aromatic N) is 3. The Balaban J connectivity index is 1.97. The SMILES string of the molecule is COC(=O)c1cccc(NC(=O)N(C)CCc2c(C)nn(C)c2C)c1. The molecule has 2 amide bonds. The van der Waals surface area contributed by atoms with Crippen molar-refractivity contribution in [1.29, 1.82) is 0 Å². The van der Waals surface area contributed by atoms with Gasteiger partial charge in [0, 0.05) is 32.0 Å². The lowest BCUT2D eigenvalue weighted by Gasteiger charge is -2.18. The summed E-state index contributed by atoms with van der Waals surface area (Å²) in [5.41, 5.74) is 4.20. The number of carbonyl (C=O) groups excluding carboxylic acids is 2. The third-order valence-corrected chi connectivity index (χ3v) is 4.24. The van der Waals surface area contributed by atoms with Crippen LogP contribution in [0.1, 0.15) is 27.3 Å². The molecule has 0 saturated carbocycles. The molecule has 1 aromatic heterocycles. The number of likely N-dealkylation sites (N-methyl/N-ethyl adjacent to an activating group) is 1. The van der Waals surface area contributed by atoms with E-state index < -0.39 is 5.97 Å². The molecule has 0 saturated heterocycles. The van der Waals surface area contributed by atoms with Crippen LogP contribution in [0.25, 0.3) is 0 Å². The van der Waals surface area contributed by atoms with Crippen molar-refractivity contribution in [3.8, 4) is 0 Å². The molecule has 134 valence electrons. The Morgan fingerprint density at radius 2 is 2.04 bits per heavy atom. The molecular formula is C18H24N4O3. The fourth-order valence-corrected chi connectivity index (χ4v) is 2.62. The first-order valence-electron chi connectivity index (χ1n) is 8.03. The lowest BCUT2D eigenvalue weighted by Crippen LogP contribution is -2.33. The minimum absolute atomic E-state index is 0.235. The van der Waals surface area contributed by atoms with Crippen LogP contribution in [0.4, 0.5) is 10.5 Å². The first-order valence-corrected chi connectivity index (χ1v) is 8.03. The molecule has 0 aliphatic heterocycles. The number of ether oxygens (including phenoxy) is 1. The number of methoxy groups -OCH3 is 1. The number of hydrogen-bond donors (Lipinski definition) is 1. The molecule has 0 aliphatic rings. The Bertz CT molecular complexity index is 783. The molecule has 0 bridgehead atoms. The van der Waals surface area contributed by atoms with Crippen LogP contribution in [0.5, 0.6) is 0 Å². The fourth-order valence-electron chi connectivity index (χ4n) is 2.62. The van der Waals surface area contributed by atoms with Gasteiger partial charge in [0.1, 0.15) is 0 Å². The van der Waals surface area contributed by atoms with E-state index in [0.29, 0.717) is 17.8 Å². The highest BCUT2D eigenvalue weighted by atomic mass is 16.5. The number of aromatic nitrogens is 2. The zero-order valence-corrected chi connectivity index (χ0v) is 15.3. The first-order chi connectivity index (χ1) is 11.8.